The lowest BCUT2D eigenvalue weighted by Gasteiger charge is -2.28. The van der Waals surface area contributed by atoms with Gasteiger partial charge in [-0.3, -0.25) is 0 Å². The number of aliphatic hydroxyl groups is 1. The van der Waals surface area contributed by atoms with E-state index in [0.29, 0.717) is 13.0 Å². The van der Waals surface area contributed by atoms with E-state index in [4.69, 9.17) is 0 Å². The van der Waals surface area contributed by atoms with Crippen molar-refractivity contribution < 1.29 is 18.3 Å². The Kier molecular flexibility index (Phi) is 5.83. The third kappa shape index (κ3) is 5.80. The first kappa shape index (κ1) is 16.5. The van der Waals surface area contributed by atoms with Crippen LogP contribution >= 0.6 is 0 Å². The fourth-order valence-corrected chi connectivity index (χ4v) is 4.53. The molecular formula is C13H25N3O4S. The van der Waals surface area contributed by atoms with Crippen LogP contribution in [0.3, 0.4) is 0 Å². The minimum Gasteiger partial charge on any atom is -0.390 e. The number of nitrogens with one attached hydrogen (secondary N) is 2. The number of rotatable bonds is 5. The molecule has 2 aliphatic rings. The number of urea groups is 1. The predicted molar refractivity (Wildman–Crippen MR) is 79.9 cm³/mol. The lowest BCUT2D eigenvalue weighted by atomic mass is 10.1. The van der Waals surface area contributed by atoms with Crippen LogP contribution in [0.25, 0.3) is 0 Å². The quantitative estimate of drug-likeness (QED) is 0.624. The van der Waals surface area contributed by atoms with Crippen LogP contribution in [-0.4, -0.2) is 74.3 Å². The third-order valence-electron chi connectivity index (χ3n) is 3.98. The van der Waals surface area contributed by atoms with E-state index >= 15 is 0 Å². The summed E-state index contributed by atoms with van der Waals surface area (Å²) in [5.41, 5.74) is 0. The van der Waals surface area contributed by atoms with Gasteiger partial charge in [-0.15, -0.1) is 0 Å². The van der Waals surface area contributed by atoms with Gasteiger partial charge in [-0.1, -0.05) is 6.42 Å². The van der Waals surface area contributed by atoms with Crippen LogP contribution in [0.2, 0.25) is 0 Å². The van der Waals surface area contributed by atoms with Gasteiger partial charge in [-0.05, 0) is 32.4 Å². The van der Waals surface area contributed by atoms with E-state index in [1.54, 1.807) is 0 Å². The molecule has 8 heteroatoms. The van der Waals surface area contributed by atoms with Crippen molar-refractivity contribution in [3.63, 3.8) is 0 Å². The van der Waals surface area contributed by atoms with Gasteiger partial charge in [0.05, 0.1) is 17.6 Å². The topological polar surface area (TPSA) is 98.7 Å². The van der Waals surface area contributed by atoms with Crippen molar-refractivity contribution >= 4 is 15.9 Å². The molecule has 0 unspecified atom stereocenters. The smallest absolute Gasteiger partial charge is 0.315 e. The molecule has 7 nitrogen and oxygen atoms in total. The van der Waals surface area contributed by atoms with Gasteiger partial charge in [0.1, 0.15) is 0 Å². The number of aliphatic hydroxyl groups excluding tert-OH is 1. The van der Waals surface area contributed by atoms with Crippen molar-refractivity contribution in [2.24, 2.45) is 0 Å². The van der Waals surface area contributed by atoms with E-state index in [9.17, 15) is 18.3 Å². The number of hydrogen-bond acceptors (Lipinski definition) is 5. The maximum Gasteiger partial charge on any atom is 0.315 e. The molecule has 0 radical (unpaired) electrons. The Morgan fingerprint density at radius 3 is 2.62 bits per heavy atom. The Morgan fingerprint density at radius 1 is 1.29 bits per heavy atom. The first-order valence-electron chi connectivity index (χ1n) is 7.60. The molecule has 122 valence electrons. The van der Waals surface area contributed by atoms with Gasteiger partial charge in [-0.2, -0.15) is 0 Å². The van der Waals surface area contributed by atoms with Crippen LogP contribution in [0.15, 0.2) is 0 Å². The van der Waals surface area contributed by atoms with Crippen LogP contribution in [0.1, 0.15) is 25.7 Å². The highest BCUT2D eigenvalue weighted by molar-refractivity contribution is 7.91. The van der Waals surface area contributed by atoms with Crippen molar-refractivity contribution in [2.75, 3.05) is 37.7 Å². The van der Waals surface area contributed by atoms with Crippen LogP contribution in [0.4, 0.5) is 4.79 Å². The molecule has 0 aromatic rings. The number of likely N-dealkylation sites (tertiary alicyclic amines) is 1. The number of carbonyl (C=O) groups excluding carboxylic acids is 1. The molecule has 2 aliphatic heterocycles. The average molecular weight is 319 g/mol. The second-order valence-electron chi connectivity index (χ2n) is 5.97. The fourth-order valence-electron chi connectivity index (χ4n) is 2.86. The number of hydrogen-bond donors (Lipinski definition) is 3. The molecule has 2 rings (SSSR count). The first-order valence-corrected chi connectivity index (χ1v) is 9.42. The molecule has 0 aromatic heterocycles. The standard InChI is InChI=1S/C13H25N3O4S/c17-12(9-16-5-2-1-3-6-16)8-14-13(18)15-11-4-7-21(19,20)10-11/h11-12,17H,1-10H2,(H2,14,15,18)/t11-,12-/m0/s1. The normalized spacial score (nSPS) is 27.2. The number of amides is 2. The minimum absolute atomic E-state index is 0.0107. The van der Waals surface area contributed by atoms with E-state index in [-0.39, 0.29) is 24.1 Å². The van der Waals surface area contributed by atoms with Gasteiger partial charge in [-0.25, -0.2) is 13.2 Å². The highest BCUT2D eigenvalue weighted by atomic mass is 32.2. The van der Waals surface area contributed by atoms with E-state index < -0.39 is 22.0 Å². The van der Waals surface area contributed by atoms with Gasteiger partial charge in [0, 0.05) is 19.1 Å². The van der Waals surface area contributed by atoms with Gasteiger partial charge in [0.15, 0.2) is 9.84 Å². The van der Waals surface area contributed by atoms with Gasteiger partial charge in [0.25, 0.3) is 0 Å². The van der Waals surface area contributed by atoms with E-state index in [0.717, 1.165) is 25.9 Å². The summed E-state index contributed by atoms with van der Waals surface area (Å²) in [6, 6.07) is -0.718. The predicted octanol–water partition coefficient (Wildman–Crippen LogP) is -0.680. The summed E-state index contributed by atoms with van der Waals surface area (Å²) in [4.78, 5) is 13.9. The number of β-amino-alcohol motifs (C(OH)–C–C–N with tert-alkyl or cyclic N) is 1. The lowest BCUT2D eigenvalue weighted by Crippen LogP contribution is -2.47. The highest BCUT2D eigenvalue weighted by Crippen LogP contribution is 2.11. The molecule has 2 atom stereocenters. The fraction of sp³-hybridized carbons (Fsp3) is 0.923. The zero-order chi connectivity index (χ0) is 15.3. The van der Waals surface area contributed by atoms with E-state index in [1.807, 2.05) is 0 Å². The summed E-state index contributed by atoms with van der Waals surface area (Å²) in [7, 11) is -2.99. The molecule has 0 bridgehead atoms. The number of carbonyl (C=O) groups is 1. The zero-order valence-electron chi connectivity index (χ0n) is 12.3. The van der Waals surface area contributed by atoms with Crippen LogP contribution < -0.4 is 10.6 Å². The Hall–Kier alpha value is -0.860. The summed E-state index contributed by atoms with van der Waals surface area (Å²) in [6.45, 7) is 2.76. The summed E-state index contributed by atoms with van der Waals surface area (Å²) in [5.74, 6) is 0.145. The van der Waals surface area contributed by atoms with Crippen LogP contribution in [0, 0.1) is 0 Å². The molecule has 2 fully saturated rings. The molecule has 2 heterocycles. The third-order valence-corrected chi connectivity index (χ3v) is 5.75. The number of nitrogens with zero attached hydrogens (tertiary/aromatic N) is 1. The van der Waals surface area contributed by atoms with Crippen molar-refractivity contribution in [1.29, 1.82) is 0 Å². The van der Waals surface area contributed by atoms with Gasteiger partial charge >= 0.3 is 6.03 Å². The highest BCUT2D eigenvalue weighted by Gasteiger charge is 2.28. The maximum atomic E-state index is 11.7. The molecule has 2 saturated heterocycles. The molecule has 0 spiro atoms. The minimum atomic E-state index is -2.99. The Balaban J connectivity index is 1.62. The van der Waals surface area contributed by atoms with Crippen molar-refractivity contribution in [3.8, 4) is 0 Å². The zero-order valence-corrected chi connectivity index (χ0v) is 13.1. The lowest BCUT2D eigenvalue weighted by molar-refractivity contribution is 0.101. The largest absolute Gasteiger partial charge is 0.390 e. The Labute approximate surface area is 126 Å². The molecule has 21 heavy (non-hydrogen) atoms. The summed E-state index contributed by atoms with van der Waals surface area (Å²) >= 11 is 0. The molecule has 0 aliphatic carbocycles. The van der Waals surface area contributed by atoms with Crippen molar-refractivity contribution in [1.82, 2.24) is 15.5 Å². The van der Waals surface area contributed by atoms with Gasteiger partial charge < -0.3 is 20.6 Å². The van der Waals surface area contributed by atoms with Crippen LogP contribution in [0.5, 0.6) is 0 Å². The average Bonchev–Trinajstić information content (AvgIpc) is 2.77. The molecule has 3 N–H and O–H groups in total. The molecule has 2 amide bonds. The van der Waals surface area contributed by atoms with Crippen LogP contribution in [-0.2, 0) is 9.84 Å². The molecular weight excluding hydrogens is 294 g/mol. The SMILES string of the molecule is O=C(NC[C@H](O)CN1CCCCC1)N[C@H]1CCS(=O)(=O)C1. The number of piperidine rings is 1. The Bertz CT molecular complexity index is 448. The molecule has 0 aromatic carbocycles. The summed E-state index contributed by atoms with van der Waals surface area (Å²) in [5, 5.41) is 15.2. The first-order chi connectivity index (χ1) is 9.94. The summed E-state index contributed by atoms with van der Waals surface area (Å²) < 4.78 is 22.6. The maximum absolute atomic E-state index is 11.7. The number of sulfone groups is 1. The molecule has 0 saturated carbocycles. The van der Waals surface area contributed by atoms with E-state index in [2.05, 4.69) is 15.5 Å². The monoisotopic (exact) mass is 319 g/mol. The summed E-state index contributed by atoms with van der Waals surface area (Å²) in [6.07, 6.45) is 3.44. The second kappa shape index (κ2) is 7.42. The van der Waals surface area contributed by atoms with Crippen molar-refractivity contribution in [3.05, 3.63) is 0 Å². The van der Waals surface area contributed by atoms with E-state index in [1.165, 1.54) is 6.42 Å². The van der Waals surface area contributed by atoms with Crippen molar-refractivity contribution in [2.45, 2.75) is 37.8 Å². The Morgan fingerprint density at radius 2 is 2.00 bits per heavy atom. The van der Waals surface area contributed by atoms with Gasteiger partial charge in [0.2, 0.25) is 0 Å². The second-order valence-corrected chi connectivity index (χ2v) is 8.20.